The fourth-order valence-corrected chi connectivity index (χ4v) is 4.68. The van der Waals surface area contributed by atoms with Crippen molar-refractivity contribution in [2.45, 2.75) is 76.5 Å². The number of hydrogen-bond acceptors (Lipinski definition) is 5. The van der Waals surface area contributed by atoms with E-state index < -0.39 is 0 Å². The van der Waals surface area contributed by atoms with Crippen LogP contribution >= 0.6 is 0 Å². The topological polar surface area (TPSA) is 88.2 Å². The second-order valence-electron chi connectivity index (χ2n) is 9.57. The minimum Gasteiger partial charge on any atom is -0.446 e. The molecule has 170 valence electrons. The standard InChI is InChI=1S/C25H32N4O3/c1-16-15-28(25(31)32-21-4-2-3-5-21)23-12-18(19(13-26)14-27-20-9-10-20)8-11-22(23)29(16)24(30)17-6-7-17/h8,11-14,16-17,20-21H,2-7,9-10,15,26H2,1H3. The first-order valence-electron chi connectivity index (χ1n) is 12.0. The predicted molar refractivity (Wildman–Crippen MR) is 126 cm³/mol. The third kappa shape index (κ3) is 4.25. The van der Waals surface area contributed by atoms with Gasteiger partial charge in [-0.05, 0) is 76.0 Å². The Morgan fingerprint density at radius 2 is 1.84 bits per heavy atom. The number of benzene rings is 1. The molecule has 4 aliphatic rings. The summed E-state index contributed by atoms with van der Waals surface area (Å²) in [4.78, 5) is 34.4. The van der Waals surface area contributed by atoms with E-state index in [-0.39, 0.29) is 30.1 Å². The Balaban J connectivity index is 1.49. The quantitative estimate of drug-likeness (QED) is 0.699. The number of ether oxygens (including phenoxy) is 1. The van der Waals surface area contributed by atoms with E-state index in [1.807, 2.05) is 36.2 Å². The Labute approximate surface area is 189 Å². The summed E-state index contributed by atoms with van der Waals surface area (Å²) >= 11 is 0. The molecule has 1 heterocycles. The molecular formula is C25H32N4O3. The van der Waals surface area contributed by atoms with Crippen LogP contribution in [0.1, 0.15) is 63.9 Å². The number of nitrogens with two attached hydrogens (primary N) is 1. The highest BCUT2D eigenvalue weighted by molar-refractivity contribution is 6.11. The molecule has 0 spiro atoms. The van der Waals surface area contributed by atoms with E-state index in [2.05, 4.69) is 4.99 Å². The van der Waals surface area contributed by atoms with Crippen LogP contribution in [-0.4, -0.2) is 42.9 Å². The fraction of sp³-hybridized carbons (Fsp3) is 0.560. The lowest BCUT2D eigenvalue weighted by atomic mass is 10.0. The molecule has 1 aromatic rings. The minimum absolute atomic E-state index is 0.0132. The molecule has 1 atom stereocenters. The molecule has 1 unspecified atom stereocenters. The summed E-state index contributed by atoms with van der Waals surface area (Å²) in [6.07, 6.45) is 11.2. The smallest absolute Gasteiger partial charge is 0.414 e. The summed E-state index contributed by atoms with van der Waals surface area (Å²) < 4.78 is 5.84. The predicted octanol–water partition coefficient (Wildman–Crippen LogP) is 4.25. The number of carbonyl (C=O) groups is 2. The summed E-state index contributed by atoms with van der Waals surface area (Å²) in [5, 5.41) is 0. The summed E-state index contributed by atoms with van der Waals surface area (Å²) in [7, 11) is 0. The fourth-order valence-electron chi connectivity index (χ4n) is 4.68. The molecule has 0 radical (unpaired) electrons. The first-order chi connectivity index (χ1) is 15.5. The Kier molecular flexibility index (Phi) is 5.66. The average Bonchev–Trinajstić information content (AvgIpc) is 3.72. The van der Waals surface area contributed by atoms with E-state index in [1.54, 1.807) is 11.1 Å². The first kappa shape index (κ1) is 21.0. The van der Waals surface area contributed by atoms with Crippen molar-refractivity contribution < 1.29 is 14.3 Å². The molecular weight excluding hydrogens is 404 g/mol. The third-order valence-corrected chi connectivity index (χ3v) is 6.85. The molecule has 2 amide bonds. The van der Waals surface area contributed by atoms with Crippen molar-refractivity contribution in [1.29, 1.82) is 0 Å². The van der Waals surface area contributed by atoms with Crippen LogP contribution in [0.15, 0.2) is 29.4 Å². The van der Waals surface area contributed by atoms with Crippen molar-refractivity contribution in [2.75, 3.05) is 16.3 Å². The molecule has 3 fully saturated rings. The number of carbonyl (C=O) groups excluding carboxylic acids is 2. The number of nitrogens with zero attached hydrogens (tertiary/aromatic N) is 3. The van der Waals surface area contributed by atoms with E-state index in [0.29, 0.717) is 18.3 Å². The van der Waals surface area contributed by atoms with Gasteiger partial charge in [0.05, 0.1) is 23.5 Å². The molecule has 1 aliphatic heterocycles. The molecule has 3 saturated carbocycles. The van der Waals surface area contributed by atoms with Gasteiger partial charge in [-0.3, -0.25) is 14.7 Å². The third-order valence-electron chi connectivity index (χ3n) is 6.85. The lowest BCUT2D eigenvalue weighted by Gasteiger charge is -2.41. The van der Waals surface area contributed by atoms with Gasteiger partial charge in [0, 0.05) is 30.5 Å². The molecule has 0 saturated heterocycles. The zero-order valence-corrected chi connectivity index (χ0v) is 18.7. The average molecular weight is 437 g/mol. The maximum absolute atomic E-state index is 13.2. The van der Waals surface area contributed by atoms with Gasteiger partial charge in [-0.15, -0.1) is 0 Å². The van der Waals surface area contributed by atoms with Gasteiger partial charge in [0.25, 0.3) is 0 Å². The van der Waals surface area contributed by atoms with Crippen LogP contribution in [0.3, 0.4) is 0 Å². The molecule has 7 nitrogen and oxygen atoms in total. The molecule has 5 rings (SSSR count). The summed E-state index contributed by atoms with van der Waals surface area (Å²) in [5.74, 6) is 0.257. The second-order valence-corrected chi connectivity index (χ2v) is 9.57. The van der Waals surface area contributed by atoms with E-state index in [9.17, 15) is 9.59 Å². The lowest BCUT2D eigenvalue weighted by molar-refractivity contribution is -0.120. The minimum atomic E-state index is -0.328. The number of aliphatic imine (C=N–C) groups is 1. The summed E-state index contributed by atoms with van der Waals surface area (Å²) in [6, 6.07) is 6.13. The van der Waals surface area contributed by atoms with Gasteiger partial charge in [-0.2, -0.15) is 0 Å². The van der Waals surface area contributed by atoms with Gasteiger partial charge >= 0.3 is 6.09 Å². The zero-order valence-electron chi connectivity index (χ0n) is 18.7. The van der Waals surface area contributed by atoms with Crippen molar-refractivity contribution in [1.82, 2.24) is 0 Å². The van der Waals surface area contributed by atoms with Crippen molar-refractivity contribution in [3.8, 4) is 0 Å². The highest BCUT2D eigenvalue weighted by Crippen LogP contribution is 2.42. The molecule has 3 aliphatic carbocycles. The van der Waals surface area contributed by atoms with E-state index in [4.69, 9.17) is 10.5 Å². The van der Waals surface area contributed by atoms with Crippen molar-refractivity contribution >= 4 is 35.2 Å². The van der Waals surface area contributed by atoms with Crippen LogP contribution in [0, 0.1) is 5.92 Å². The van der Waals surface area contributed by atoms with Gasteiger partial charge in [-0.25, -0.2) is 4.79 Å². The largest absolute Gasteiger partial charge is 0.446 e. The Morgan fingerprint density at radius 1 is 1.09 bits per heavy atom. The highest BCUT2D eigenvalue weighted by Gasteiger charge is 2.41. The van der Waals surface area contributed by atoms with Gasteiger partial charge in [0.1, 0.15) is 6.10 Å². The molecule has 0 bridgehead atoms. The maximum Gasteiger partial charge on any atom is 0.414 e. The number of allylic oxidation sites excluding steroid dienone is 1. The SMILES string of the molecule is CC1CN(C(=O)OC2CCCC2)c2cc(C(C=NC3CC3)=CN)ccc2N1C(=O)C1CC1. The van der Waals surface area contributed by atoms with Gasteiger partial charge in [0.15, 0.2) is 0 Å². The lowest BCUT2D eigenvalue weighted by Crippen LogP contribution is -2.52. The highest BCUT2D eigenvalue weighted by atomic mass is 16.6. The van der Waals surface area contributed by atoms with Crippen LogP contribution in [0.5, 0.6) is 0 Å². The number of anilines is 2. The summed E-state index contributed by atoms with van der Waals surface area (Å²) in [5.41, 5.74) is 9.07. The number of hydrogen-bond donors (Lipinski definition) is 1. The summed E-state index contributed by atoms with van der Waals surface area (Å²) in [6.45, 7) is 2.42. The Hall–Kier alpha value is -2.83. The van der Waals surface area contributed by atoms with Crippen LogP contribution < -0.4 is 15.5 Å². The Morgan fingerprint density at radius 3 is 2.50 bits per heavy atom. The molecule has 2 N–H and O–H groups in total. The van der Waals surface area contributed by atoms with Crippen LogP contribution in [0.4, 0.5) is 16.2 Å². The van der Waals surface area contributed by atoms with Gasteiger partial charge < -0.3 is 15.4 Å². The van der Waals surface area contributed by atoms with E-state index >= 15 is 0 Å². The number of fused-ring (bicyclic) bond motifs is 1. The van der Waals surface area contributed by atoms with Gasteiger partial charge in [-0.1, -0.05) is 6.07 Å². The number of rotatable bonds is 5. The van der Waals surface area contributed by atoms with Crippen molar-refractivity contribution in [3.63, 3.8) is 0 Å². The normalized spacial score (nSPS) is 24.2. The van der Waals surface area contributed by atoms with Crippen molar-refractivity contribution in [2.24, 2.45) is 16.6 Å². The van der Waals surface area contributed by atoms with Gasteiger partial charge in [0.2, 0.25) is 5.91 Å². The van der Waals surface area contributed by atoms with Crippen molar-refractivity contribution in [3.05, 3.63) is 30.0 Å². The van der Waals surface area contributed by atoms with E-state index in [0.717, 1.165) is 68.2 Å². The number of amides is 2. The van der Waals surface area contributed by atoms with Crippen LogP contribution in [0.25, 0.3) is 5.57 Å². The molecule has 1 aromatic carbocycles. The maximum atomic E-state index is 13.2. The molecule has 32 heavy (non-hydrogen) atoms. The monoisotopic (exact) mass is 436 g/mol. The van der Waals surface area contributed by atoms with Crippen LogP contribution in [0.2, 0.25) is 0 Å². The second kappa shape index (κ2) is 8.60. The zero-order chi connectivity index (χ0) is 22.2. The first-order valence-corrected chi connectivity index (χ1v) is 12.0. The van der Waals surface area contributed by atoms with Crippen LogP contribution in [-0.2, 0) is 9.53 Å². The Bertz CT molecular complexity index is 958. The molecule has 0 aromatic heterocycles. The van der Waals surface area contributed by atoms with E-state index in [1.165, 1.54) is 0 Å². The molecule has 7 heteroatoms.